The molecule has 0 saturated heterocycles. The Bertz CT molecular complexity index is 913. The quantitative estimate of drug-likeness (QED) is 0.725. The molecule has 2 aromatic heterocycles. The Morgan fingerprint density at radius 3 is 2.40 bits per heavy atom. The highest BCUT2D eigenvalue weighted by Gasteiger charge is 2.18. The first-order valence-electron chi connectivity index (χ1n) is 8.21. The fourth-order valence-corrected chi connectivity index (χ4v) is 2.58. The van der Waals surface area contributed by atoms with Crippen LogP contribution in [0.1, 0.15) is 42.6 Å². The number of benzene rings is 1. The summed E-state index contributed by atoms with van der Waals surface area (Å²) in [5.74, 6) is 0.114. The number of anilines is 1. The molecule has 0 fully saturated rings. The smallest absolute Gasteiger partial charge is 0.232 e. The van der Waals surface area contributed by atoms with Gasteiger partial charge in [0.25, 0.3) is 0 Å². The van der Waals surface area contributed by atoms with Crippen LogP contribution in [0.5, 0.6) is 0 Å². The average molecular weight is 336 g/mol. The average Bonchev–Trinajstić information content (AvgIpc) is 3.10. The minimum Gasteiger partial charge on any atom is -0.310 e. The molecule has 1 amide bonds. The monoisotopic (exact) mass is 336 g/mol. The summed E-state index contributed by atoms with van der Waals surface area (Å²) in [6, 6.07) is 10.7. The minimum absolute atomic E-state index is 0.0465. The van der Waals surface area contributed by atoms with Gasteiger partial charge in [0.05, 0.1) is 12.1 Å². The second-order valence-corrected chi connectivity index (χ2v) is 6.28. The summed E-state index contributed by atoms with van der Waals surface area (Å²) in [7, 11) is 0. The van der Waals surface area contributed by atoms with Gasteiger partial charge in [-0.15, -0.1) is 0 Å². The molecule has 3 aromatic rings. The summed E-state index contributed by atoms with van der Waals surface area (Å²) >= 11 is 0. The number of fused-ring (bicyclic) bond motifs is 1. The van der Waals surface area contributed by atoms with E-state index in [2.05, 4.69) is 15.4 Å². The lowest BCUT2D eigenvalue weighted by atomic mass is 9.95. The third kappa shape index (κ3) is 3.42. The van der Waals surface area contributed by atoms with E-state index in [1.54, 1.807) is 41.2 Å². The van der Waals surface area contributed by atoms with E-state index in [0.717, 1.165) is 5.56 Å². The number of carbonyl (C=O) groups is 2. The van der Waals surface area contributed by atoms with Crippen molar-refractivity contribution in [1.29, 1.82) is 0 Å². The summed E-state index contributed by atoms with van der Waals surface area (Å²) in [6.07, 6.45) is 3.26. The molecular formula is C19H20N4O2. The zero-order valence-electron chi connectivity index (χ0n) is 14.4. The summed E-state index contributed by atoms with van der Waals surface area (Å²) in [5, 5.41) is 7.03. The molecule has 0 saturated carbocycles. The van der Waals surface area contributed by atoms with Gasteiger partial charge >= 0.3 is 0 Å². The van der Waals surface area contributed by atoms with Crippen LogP contribution in [0.3, 0.4) is 0 Å². The number of ketones is 1. The predicted molar refractivity (Wildman–Crippen MR) is 95.6 cm³/mol. The molecule has 0 radical (unpaired) electrons. The molecule has 1 N–H and O–H groups in total. The number of hydrogen-bond acceptors (Lipinski definition) is 4. The maximum Gasteiger partial charge on any atom is 0.232 e. The summed E-state index contributed by atoms with van der Waals surface area (Å²) in [4.78, 5) is 28.7. The zero-order valence-corrected chi connectivity index (χ0v) is 14.4. The van der Waals surface area contributed by atoms with Gasteiger partial charge in [-0.1, -0.05) is 38.1 Å². The standard InChI is InChI=1S/C19H20N4O2/c1-12(2)18(24)15-6-4-14(5-7-15)13(3)19(25)22-17-8-10-20-16-9-11-21-23(16)17/h4-13H,1-3H3,(H,22,25). The highest BCUT2D eigenvalue weighted by atomic mass is 16.2. The Balaban J connectivity index is 1.76. The summed E-state index contributed by atoms with van der Waals surface area (Å²) in [5.41, 5.74) is 2.18. The van der Waals surface area contributed by atoms with Gasteiger partial charge in [-0.25, -0.2) is 4.98 Å². The topological polar surface area (TPSA) is 76.4 Å². The minimum atomic E-state index is -0.359. The molecule has 0 aliphatic rings. The van der Waals surface area contributed by atoms with Gasteiger partial charge < -0.3 is 5.32 Å². The third-order valence-electron chi connectivity index (χ3n) is 4.15. The molecule has 25 heavy (non-hydrogen) atoms. The van der Waals surface area contributed by atoms with Gasteiger partial charge in [0.2, 0.25) is 5.91 Å². The van der Waals surface area contributed by atoms with Crippen LogP contribution >= 0.6 is 0 Å². The first-order chi connectivity index (χ1) is 12.0. The molecule has 6 nitrogen and oxygen atoms in total. The Morgan fingerprint density at radius 1 is 1.00 bits per heavy atom. The van der Waals surface area contributed by atoms with Crippen LogP contribution < -0.4 is 5.32 Å². The number of rotatable bonds is 5. The molecule has 1 atom stereocenters. The van der Waals surface area contributed by atoms with E-state index in [0.29, 0.717) is 17.0 Å². The van der Waals surface area contributed by atoms with Crippen LogP contribution in [0, 0.1) is 5.92 Å². The number of aromatic nitrogens is 3. The number of carbonyl (C=O) groups excluding carboxylic acids is 2. The number of hydrogen-bond donors (Lipinski definition) is 1. The van der Waals surface area contributed by atoms with Crippen molar-refractivity contribution in [2.75, 3.05) is 5.32 Å². The lowest BCUT2D eigenvalue weighted by molar-refractivity contribution is -0.117. The molecule has 128 valence electrons. The normalized spacial score (nSPS) is 12.3. The SMILES string of the molecule is CC(C)C(=O)c1ccc(C(C)C(=O)Nc2ccnc3ccnn23)cc1. The number of nitrogens with zero attached hydrogens (tertiary/aromatic N) is 3. The fraction of sp³-hybridized carbons (Fsp3) is 0.263. The summed E-state index contributed by atoms with van der Waals surface area (Å²) < 4.78 is 1.58. The van der Waals surface area contributed by atoms with Crippen molar-refractivity contribution in [2.24, 2.45) is 5.92 Å². The Labute approximate surface area is 145 Å². The van der Waals surface area contributed by atoms with Gasteiger partial charge in [0.1, 0.15) is 5.82 Å². The van der Waals surface area contributed by atoms with Gasteiger partial charge in [-0.2, -0.15) is 9.61 Å². The highest BCUT2D eigenvalue weighted by molar-refractivity contribution is 5.98. The number of Topliss-reactive ketones (excluding diaryl/α,β-unsaturated/α-hetero) is 1. The van der Waals surface area contributed by atoms with E-state index in [1.165, 1.54) is 0 Å². The molecule has 0 aliphatic heterocycles. The first-order valence-corrected chi connectivity index (χ1v) is 8.21. The van der Waals surface area contributed by atoms with Crippen LogP contribution in [0.2, 0.25) is 0 Å². The molecule has 1 aromatic carbocycles. The van der Waals surface area contributed by atoms with Crippen molar-refractivity contribution in [3.8, 4) is 0 Å². The van der Waals surface area contributed by atoms with Gasteiger partial charge in [-0.3, -0.25) is 9.59 Å². The van der Waals surface area contributed by atoms with Crippen LogP contribution in [-0.2, 0) is 4.79 Å². The molecule has 0 bridgehead atoms. The van der Waals surface area contributed by atoms with Crippen molar-refractivity contribution < 1.29 is 9.59 Å². The molecule has 0 aliphatic carbocycles. The van der Waals surface area contributed by atoms with Crippen LogP contribution in [-0.4, -0.2) is 26.3 Å². The molecule has 3 rings (SSSR count). The highest BCUT2D eigenvalue weighted by Crippen LogP contribution is 2.20. The lowest BCUT2D eigenvalue weighted by Gasteiger charge is -2.14. The largest absolute Gasteiger partial charge is 0.310 e. The predicted octanol–water partition coefficient (Wildman–Crippen LogP) is 3.31. The van der Waals surface area contributed by atoms with Crippen LogP contribution in [0.4, 0.5) is 5.82 Å². The molecule has 0 spiro atoms. The number of amides is 1. The van der Waals surface area contributed by atoms with E-state index < -0.39 is 0 Å². The van der Waals surface area contributed by atoms with Gasteiger partial charge in [0, 0.05) is 23.7 Å². The first kappa shape index (κ1) is 16.8. The van der Waals surface area contributed by atoms with Crippen LogP contribution in [0.15, 0.2) is 48.8 Å². The zero-order chi connectivity index (χ0) is 18.0. The fourth-order valence-electron chi connectivity index (χ4n) is 2.58. The lowest BCUT2D eigenvalue weighted by Crippen LogP contribution is -2.21. The Hall–Kier alpha value is -3.02. The van der Waals surface area contributed by atoms with Crippen LogP contribution in [0.25, 0.3) is 5.65 Å². The van der Waals surface area contributed by atoms with E-state index in [1.807, 2.05) is 32.9 Å². The van der Waals surface area contributed by atoms with Crippen molar-refractivity contribution in [1.82, 2.24) is 14.6 Å². The van der Waals surface area contributed by atoms with E-state index >= 15 is 0 Å². The second-order valence-electron chi connectivity index (χ2n) is 6.28. The van der Waals surface area contributed by atoms with E-state index in [-0.39, 0.29) is 23.5 Å². The Morgan fingerprint density at radius 2 is 1.72 bits per heavy atom. The molecule has 1 unspecified atom stereocenters. The molecular weight excluding hydrogens is 316 g/mol. The van der Waals surface area contributed by atoms with Crippen molar-refractivity contribution in [2.45, 2.75) is 26.7 Å². The second kappa shape index (κ2) is 6.84. The maximum atomic E-state index is 12.6. The van der Waals surface area contributed by atoms with Gasteiger partial charge in [0.15, 0.2) is 11.4 Å². The van der Waals surface area contributed by atoms with E-state index in [4.69, 9.17) is 0 Å². The molecule has 6 heteroatoms. The Kier molecular flexibility index (Phi) is 4.61. The van der Waals surface area contributed by atoms with Crippen molar-refractivity contribution in [3.05, 3.63) is 59.9 Å². The summed E-state index contributed by atoms with van der Waals surface area (Å²) in [6.45, 7) is 5.57. The van der Waals surface area contributed by atoms with Crippen molar-refractivity contribution in [3.63, 3.8) is 0 Å². The van der Waals surface area contributed by atoms with E-state index in [9.17, 15) is 9.59 Å². The number of nitrogens with one attached hydrogen (secondary N) is 1. The third-order valence-corrected chi connectivity index (χ3v) is 4.15. The maximum absolute atomic E-state index is 12.6. The molecule has 2 heterocycles. The van der Waals surface area contributed by atoms with Gasteiger partial charge in [-0.05, 0) is 18.6 Å². The van der Waals surface area contributed by atoms with Crippen molar-refractivity contribution >= 4 is 23.2 Å².